The van der Waals surface area contributed by atoms with Crippen LogP contribution in [0.15, 0.2) is 6.07 Å². The molecule has 3 heterocycles. The van der Waals surface area contributed by atoms with E-state index in [0.29, 0.717) is 18.5 Å². The molecule has 0 radical (unpaired) electrons. The number of nitrogens with zero attached hydrogens (tertiary/aromatic N) is 1. The first-order valence-corrected chi connectivity index (χ1v) is 8.67. The van der Waals surface area contributed by atoms with E-state index in [9.17, 15) is 14.4 Å². The summed E-state index contributed by atoms with van der Waals surface area (Å²) in [5.41, 5.74) is 3.72. The standard InChI is InChI=1S/C18H21N3O4/c1-25-16-12-8-19-6-2-3-10(12)7-11-13(16)9-21(18(11)24)14-4-5-15(22)20-17(14)23/h7,14,19H,2-6,8-9H2,1H3,(H,20,22,23). The van der Waals surface area contributed by atoms with E-state index in [0.717, 1.165) is 48.4 Å². The van der Waals surface area contributed by atoms with Crippen LogP contribution in [-0.2, 0) is 29.1 Å². The van der Waals surface area contributed by atoms with E-state index in [1.165, 1.54) is 0 Å². The number of ether oxygens (including phenoxy) is 1. The fourth-order valence-corrected chi connectivity index (χ4v) is 4.06. The molecule has 132 valence electrons. The van der Waals surface area contributed by atoms with Crippen molar-refractivity contribution in [3.8, 4) is 5.75 Å². The number of carbonyl (C=O) groups is 3. The molecule has 25 heavy (non-hydrogen) atoms. The van der Waals surface area contributed by atoms with Crippen molar-refractivity contribution in [1.82, 2.24) is 15.5 Å². The summed E-state index contributed by atoms with van der Waals surface area (Å²) in [6.45, 7) is 2.01. The number of aryl methyl sites for hydroxylation is 1. The Kier molecular flexibility index (Phi) is 3.95. The maximum absolute atomic E-state index is 13.0. The number of fused-ring (bicyclic) bond motifs is 2. The lowest BCUT2D eigenvalue weighted by Gasteiger charge is -2.29. The number of piperidine rings is 1. The number of hydrogen-bond acceptors (Lipinski definition) is 5. The summed E-state index contributed by atoms with van der Waals surface area (Å²) in [6.07, 6.45) is 2.54. The van der Waals surface area contributed by atoms with Crippen LogP contribution in [-0.4, -0.2) is 42.3 Å². The van der Waals surface area contributed by atoms with Gasteiger partial charge in [0.25, 0.3) is 5.91 Å². The third-order valence-corrected chi connectivity index (χ3v) is 5.29. The Labute approximate surface area is 145 Å². The molecule has 3 aliphatic rings. The van der Waals surface area contributed by atoms with E-state index < -0.39 is 6.04 Å². The van der Waals surface area contributed by atoms with Crippen LogP contribution in [0.2, 0.25) is 0 Å². The Balaban J connectivity index is 1.72. The van der Waals surface area contributed by atoms with Crippen LogP contribution in [0.3, 0.4) is 0 Å². The van der Waals surface area contributed by atoms with Crippen molar-refractivity contribution in [2.45, 2.75) is 44.8 Å². The highest BCUT2D eigenvalue weighted by Crippen LogP contribution is 2.38. The summed E-state index contributed by atoms with van der Waals surface area (Å²) >= 11 is 0. The molecule has 1 saturated heterocycles. The van der Waals surface area contributed by atoms with Crippen LogP contribution in [0.5, 0.6) is 5.75 Å². The van der Waals surface area contributed by atoms with Gasteiger partial charge in [0.05, 0.1) is 13.7 Å². The molecule has 0 spiro atoms. The number of hydrogen-bond donors (Lipinski definition) is 2. The largest absolute Gasteiger partial charge is 0.496 e. The van der Waals surface area contributed by atoms with Crippen LogP contribution in [0.25, 0.3) is 0 Å². The molecule has 7 nitrogen and oxygen atoms in total. The van der Waals surface area contributed by atoms with Crippen LogP contribution in [0, 0.1) is 0 Å². The molecule has 0 bridgehead atoms. The monoisotopic (exact) mass is 343 g/mol. The van der Waals surface area contributed by atoms with Crippen molar-refractivity contribution in [1.29, 1.82) is 0 Å². The summed E-state index contributed by atoms with van der Waals surface area (Å²) in [4.78, 5) is 38.1. The number of nitrogens with one attached hydrogen (secondary N) is 2. The predicted octanol–water partition coefficient (Wildman–Crippen LogP) is 0.492. The zero-order chi connectivity index (χ0) is 17.6. The molecular weight excluding hydrogens is 322 g/mol. The highest BCUT2D eigenvalue weighted by atomic mass is 16.5. The van der Waals surface area contributed by atoms with Gasteiger partial charge in [-0.2, -0.15) is 0 Å². The van der Waals surface area contributed by atoms with Gasteiger partial charge < -0.3 is 15.0 Å². The van der Waals surface area contributed by atoms with E-state index in [1.807, 2.05) is 6.07 Å². The van der Waals surface area contributed by atoms with Crippen molar-refractivity contribution >= 4 is 17.7 Å². The molecule has 1 unspecified atom stereocenters. The average molecular weight is 343 g/mol. The number of rotatable bonds is 2. The highest BCUT2D eigenvalue weighted by Gasteiger charge is 2.41. The third kappa shape index (κ3) is 2.59. The summed E-state index contributed by atoms with van der Waals surface area (Å²) in [6, 6.07) is 1.37. The van der Waals surface area contributed by atoms with Crippen LogP contribution >= 0.6 is 0 Å². The Morgan fingerprint density at radius 3 is 2.80 bits per heavy atom. The van der Waals surface area contributed by atoms with E-state index in [-0.39, 0.29) is 24.1 Å². The minimum atomic E-state index is -0.597. The molecule has 0 saturated carbocycles. The van der Waals surface area contributed by atoms with Gasteiger partial charge in [-0.05, 0) is 37.4 Å². The number of methoxy groups -OCH3 is 1. The number of imide groups is 1. The summed E-state index contributed by atoms with van der Waals surface area (Å²) in [5, 5.41) is 5.72. The Hall–Kier alpha value is -2.41. The second kappa shape index (κ2) is 6.15. The molecule has 3 amide bonds. The third-order valence-electron chi connectivity index (χ3n) is 5.29. The van der Waals surface area contributed by atoms with Gasteiger partial charge in [0.2, 0.25) is 11.8 Å². The summed E-state index contributed by atoms with van der Waals surface area (Å²) in [5.74, 6) is -0.0618. The molecule has 1 fully saturated rings. The quantitative estimate of drug-likeness (QED) is 0.763. The van der Waals surface area contributed by atoms with Crippen molar-refractivity contribution in [2.75, 3.05) is 13.7 Å². The lowest BCUT2D eigenvalue weighted by Crippen LogP contribution is -2.52. The summed E-state index contributed by atoms with van der Waals surface area (Å²) in [7, 11) is 1.62. The average Bonchev–Trinajstić information content (AvgIpc) is 2.77. The van der Waals surface area contributed by atoms with Crippen LogP contribution < -0.4 is 15.4 Å². The second-order valence-corrected chi connectivity index (χ2v) is 6.75. The van der Waals surface area contributed by atoms with Crippen molar-refractivity contribution in [3.05, 3.63) is 28.3 Å². The molecule has 1 atom stereocenters. The SMILES string of the molecule is COc1c2c(cc3c1CN(C1CCC(=O)NC1=O)C3=O)CCCNC2. The predicted molar refractivity (Wildman–Crippen MR) is 89.1 cm³/mol. The van der Waals surface area contributed by atoms with Crippen molar-refractivity contribution in [2.24, 2.45) is 0 Å². The molecule has 1 aromatic carbocycles. The Morgan fingerprint density at radius 1 is 1.20 bits per heavy atom. The van der Waals surface area contributed by atoms with Gasteiger partial charge in [-0.1, -0.05) is 0 Å². The van der Waals surface area contributed by atoms with E-state index in [4.69, 9.17) is 4.74 Å². The topological polar surface area (TPSA) is 87.7 Å². The maximum atomic E-state index is 13.0. The van der Waals surface area contributed by atoms with E-state index >= 15 is 0 Å². The molecule has 0 aromatic heterocycles. The van der Waals surface area contributed by atoms with Crippen molar-refractivity contribution < 1.29 is 19.1 Å². The number of benzene rings is 1. The first-order valence-electron chi connectivity index (χ1n) is 8.67. The maximum Gasteiger partial charge on any atom is 0.255 e. The van der Waals surface area contributed by atoms with Crippen LogP contribution in [0.4, 0.5) is 0 Å². The molecule has 3 aliphatic heterocycles. The smallest absolute Gasteiger partial charge is 0.255 e. The van der Waals surface area contributed by atoms with Gasteiger partial charge in [0.1, 0.15) is 11.8 Å². The minimum Gasteiger partial charge on any atom is -0.496 e. The Morgan fingerprint density at radius 2 is 2.04 bits per heavy atom. The van der Waals surface area contributed by atoms with Gasteiger partial charge >= 0.3 is 0 Å². The number of carbonyl (C=O) groups excluding carboxylic acids is 3. The summed E-state index contributed by atoms with van der Waals surface area (Å²) < 4.78 is 5.67. The molecule has 7 heteroatoms. The van der Waals surface area contributed by atoms with E-state index in [2.05, 4.69) is 10.6 Å². The van der Waals surface area contributed by atoms with Gasteiger partial charge in [-0.3, -0.25) is 19.7 Å². The molecular formula is C18H21N3O4. The van der Waals surface area contributed by atoms with Crippen LogP contribution in [0.1, 0.15) is 46.3 Å². The van der Waals surface area contributed by atoms with E-state index in [1.54, 1.807) is 12.0 Å². The number of amides is 3. The van der Waals surface area contributed by atoms with Crippen molar-refractivity contribution in [3.63, 3.8) is 0 Å². The lowest BCUT2D eigenvalue weighted by atomic mass is 9.96. The Bertz CT molecular complexity index is 774. The normalized spacial score (nSPS) is 23.0. The van der Waals surface area contributed by atoms with Gasteiger partial charge in [0.15, 0.2) is 0 Å². The van der Waals surface area contributed by atoms with Gasteiger partial charge in [-0.15, -0.1) is 0 Å². The minimum absolute atomic E-state index is 0.150. The highest BCUT2D eigenvalue weighted by molar-refractivity contribution is 6.05. The lowest BCUT2D eigenvalue weighted by molar-refractivity contribution is -0.136. The molecule has 1 aromatic rings. The fraction of sp³-hybridized carbons (Fsp3) is 0.500. The first-order chi connectivity index (χ1) is 12.1. The first kappa shape index (κ1) is 16.1. The molecule has 4 rings (SSSR count). The fourth-order valence-electron chi connectivity index (χ4n) is 4.06. The zero-order valence-electron chi connectivity index (χ0n) is 14.2. The molecule has 0 aliphatic carbocycles. The zero-order valence-corrected chi connectivity index (χ0v) is 14.2. The molecule has 2 N–H and O–H groups in total. The second-order valence-electron chi connectivity index (χ2n) is 6.75. The van der Waals surface area contributed by atoms with Gasteiger partial charge in [-0.25, -0.2) is 0 Å². The van der Waals surface area contributed by atoms with Gasteiger partial charge in [0, 0.05) is 29.7 Å².